The highest BCUT2D eigenvalue weighted by atomic mass is 35.5. The number of nitrogens with one attached hydrogen (secondary N) is 1. The lowest BCUT2D eigenvalue weighted by molar-refractivity contribution is 0.307. The largest absolute Gasteiger partial charge is 0.312 e. The van der Waals surface area contributed by atoms with Crippen LogP contribution < -0.4 is 5.32 Å². The maximum atomic E-state index is 13.3. The van der Waals surface area contributed by atoms with Gasteiger partial charge in [0.1, 0.15) is 11.6 Å². The molecule has 0 atom stereocenters. The maximum Gasteiger partial charge on any atom is 0.243 e. The van der Waals surface area contributed by atoms with Crippen molar-refractivity contribution in [1.82, 2.24) is 24.4 Å². The Bertz CT molecular complexity index is 942. The highest BCUT2D eigenvalue weighted by Gasteiger charge is 2.34. The van der Waals surface area contributed by atoms with Crippen LogP contribution in [0.25, 0.3) is 0 Å². The van der Waals surface area contributed by atoms with Crippen LogP contribution in [0.5, 0.6) is 0 Å². The van der Waals surface area contributed by atoms with Gasteiger partial charge < -0.3 is 9.88 Å². The molecule has 2 aliphatic heterocycles. The third-order valence-electron chi connectivity index (χ3n) is 5.67. The summed E-state index contributed by atoms with van der Waals surface area (Å²) in [7, 11) is -3.47. The second kappa shape index (κ2) is 8.10. The van der Waals surface area contributed by atoms with Gasteiger partial charge in [0, 0.05) is 32.1 Å². The van der Waals surface area contributed by atoms with Crippen LogP contribution in [0.2, 0.25) is 0 Å². The van der Waals surface area contributed by atoms with Gasteiger partial charge in [-0.05, 0) is 44.7 Å². The van der Waals surface area contributed by atoms with E-state index < -0.39 is 10.0 Å². The minimum absolute atomic E-state index is 0. The first-order valence-electron chi connectivity index (χ1n) is 9.58. The number of halogens is 1. The molecule has 1 fully saturated rings. The molecule has 0 spiro atoms. The zero-order chi connectivity index (χ0) is 19.2. The predicted molar refractivity (Wildman–Crippen MR) is 110 cm³/mol. The summed E-state index contributed by atoms with van der Waals surface area (Å²) in [6, 6.07) is 3.90. The molecule has 1 aromatic carbocycles. The minimum atomic E-state index is -3.47. The van der Waals surface area contributed by atoms with E-state index in [0.29, 0.717) is 18.0 Å². The summed E-state index contributed by atoms with van der Waals surface area (Å²) in [4.78, 5) is 0.470. The fraction of sp³-hybridized carbons (Fsp3) is 0.579. The average Bonchev–Trinajstić information content (AvgIpc) is 3.05. The van der Waals surface area contributed by atoms with E-state index in [9.17, 15) is 8.42 Å². The van der Waals surface area contributed by atoms with Crippen molar-refractivity contribution < 1.29 is 8.42 Å². The number of rotatable bonds is 3. The smallest absolute Gasteiger partial charge is 0.243 e. The Morgan fingerprint density at radius 2 is 1.68 bits per heavy atom. The van der Waals surface area contributed by atoms with Crippen LogP contribution in [0.3, 0.4) is 0 Å². The van der Waals surface area contributed by atoms with Gasteiger partial charge >= 0.3 is 0 Å². The van der Waals surface area contributed by atoms with Crippen molar-refractivity contribution in [3.05, 3.63) is 40.5 Å². The van der Waals surface area contributed by atoms with Crippen LogP contribution in [0.15, 0.2) is 17.0 Å². The van der Waals surface area contributed by atoms with Gasteiger partial charge in [0.25, 0.3) is 0 Å². The molecule has 0 radical (unpaired) electrons. The molecule has 0 aliphatic carbocycles. The Balaban J connectivity index is 0.00000225. The first-order valence-corrected chi connectivity index (χ1v) is 11.0. The summed E-state index contributed by atoms with van der Waals surface area (Å²) in [5.41, 5.74) is 2.75. The topological polar surface area (TPSA) is 80.1 Å². The van der Waals surface area contributed by atoms with Gasteiger partial charge in [-0.3, -0.25) is 0 Å². The molecule has 0 unspecified atom stereocenters. The monoisotopic (exact) mass is 425 g/mol. The number of fused-ring (bicyclic) bond motifs is 1. The molecule has 2 aliphatic rings. The molecule has 1 saturated heterocycles. The van der Waals surface area contributed by atoms with E-state index in [0.717, 1.165) is 60.8 Å². The first kappa shape index (κ1) is 21.2. The summed E-state index contributed by atoms with van der Waals surface area (Å²) in [5, 5.41) is 12.0. The van der Waals surface area contributed by atoms with E-state index in [4.69, 9.17) is 0 Å². The van der Waals surface area contributed by atoms with Crippen molar-refractivity contribution in [2.24, 2.45) is 0 Å². The Morgan fingerprint density at radius 1 is 1.04 bits per heavy atom. The fourth-order valence-electron chi connectivity index (χ4n) is 4.47. The van der Waals surface area contributed by atoms with Gasteiger partial charge in [-0.15, -0.1) is 22.6 Å². The number of aryl methyl sites for hydroxylation is 3. The highest BCUT2D eigenvalue weighted by molar-refractivity contribution is 7.89. The lowest BCUT2D eigenvalue weighted by atomic mass is 9.97. The lowest BCUT2D eigenvalue weighted by Gasteiger charge is -2.32. The SMILES string of the molecule is Cc1cc(C)c(S(=O)(=O)N2CCC(c3nnc4n3CCNC4)CC2)c(C)c1.Cl. The molecule has 154 valence electrons. The van der Waals surface area contributed by atoms with Crippen molar-refractivity contribution in [3.63, 3.8) is 0 Å². The number of hydrogen-bond donors (Lipinski definition) is 1. The van der Waals surface area contributed by atoms with Crippen LogP contribution in [0.4, 0.5) is 0 Å². The summed E-state index contributed by atoms with van der Waals surface area (Å²) in [6.45, 7) is 9.39. The van der Waals surface area contributed by atoms with Gasteiger partial charge in [-0.2, -0.15) is 4.31 Å². The standard InChI is InChI=1S/C19H27N5O2S.ClH/c1-13-10-14(2)18(15(3)11-13)27(25,26)23-7-4-16(5-8-23)19-22-21-17-12-20-6-9-24(17)19;/h10-11,16,20H,4-9,12H2,1-3H3;1H. The zero-order valence-electron chi connectivity index (χ0n) is 16.6. The van der Waals surface area contributed by atoms with Crippen molar-refractivity contribution >= 4 is 22.4 Å². The number of benzene rings is 1. The number of nitrogens with zero attached hydrogens (tertiary/aromatic N) is 4. The second-order valence-corrected chi connectivity index (χ2v) is 9.58. The van der Waals surface area contributed by atoms with E-state index in [1.54, 1.807) is 4.31 Å². The molecular formula is C19H28ClN5O2S. The molecule has 0 saturated carbocycles. The quantitative estimate of drug-likeness (QED) is 0.816. The zero-order valence-corrected chi connectivity index (χ0v) is 18.2. The van der Waals surface area contributed by atoms with Crippen molar-refractivity contribution in [1.29, 1.82) is 0 Å². The van der Waals surface area contributed by atoms with Gasteiger partial charge in [0.05, 0.1) is 11.4 Å². The van der Waals surface area contributed by atoms with Crippen LogP contribution in [-0.4, -0.2) is 47.1 Å². The van der Waals surface area contributed by atoms with Gasteiger partial charge in [0.2, 0.25) is 10.0 Å². The maximum absolute atomic E-state index is 13.3. The van der Waals surface area contributed by atoms with E-state index >= 15 is 0 Å². The molecule has 0 bridgehead atoms. The summed E-state index contributed by atoms with van der Waals surface area (Å²) in [6.07, 6.45) is 1.57. The Kier molecular flexibility index (Phi) is 6.14. The third kappa shape index (κ3) is 3.70. The van der Waals surface area contributed by atoms with Crippen LogP contribution in [-0.2, 0) is 23.1 Å². The molecular weight excluding hydrogens is 398 g/mol. The number of piperidine rings is 1. The van der Waals surface area contributed by atoms with Crippen molar-refractivity contribution in [2.75, 3.05) is 19.6 Å². The summed E-state index contributed by atoms with van der Waals surface area (Å²) in [5.74, 6) is 2.28. The normalized spacial score (nSPS) is 18.5. The summed E-state index contributed by atoms with van der Waals surface area (Å²) >= 11 is 0. The number of hydrogen-bond acceptors (Lipinski definition) is 5. The Hall–Kier alpha value is -1.48. The predicted octanol–water partition coefficient (Wildman–Crippen LogP) is 2.30. The Morgan fingerprint density at radius 3 is 2.32 bits per heavy atom. The number of sulfonamides is 1. The van der Waals surface area contributed by atoms with E-state index in [1.165, 1.54) is 0 Å². The van der Waals surface area contributed by atoms with Gasteiger partial charge in [0.15, 0.2) is 0 Å². The van der Waals surface area contributed by atoms with E-state index in [2.05, 4.69) is 20.1 Å². The third-order valence-corrected chi connectivity index (χ3v) is 7.88. The molecule has 7 nitrogen and oxygen atoms in total. The molecule has 4 rings (SSSR count). The molecule has 1 N–H and O–H groups in total. The molecule has 2 aromatic rings. The molecule has 28 heavy (non-hydrogen) atoms. The molecule has 3 heterocycles. The van der Waals surface area contributed by atoms with Gasteiger partial charge in [-0.25, -0.2) is 8.42 Å². The van der Waals surface area contributed by atoms with Crippen LogP contribution >= 0.6 is 12.4 Å². The average molecular weight is 426 g/mol. The first-order chi connectivity index (χ1) is 12.9. The second-order valence-electron chi connectivity index (χ2n) is 7.71. The van der Waals surface area contributed by atoms with E-state index in [1.807, 2.05) is 32.9 Å². The highest BCUT2D eigenvalue weighted by Crippen LogP contribution is 2.32. The summed E-state index contributed by atoms with van der Waals surface area (Å²) < 4.78 is 30.4. The van der Waals surface area contributed by atoms with Crippen LogP contribution in [0, 0.1) is 20.8 Å². The number of aromatic nitrogens is 3. The lowest BCUT2D eigenvalue weighted by Crippen LogP contribution is -2.39. The minimum Gasteiger partial charge on any atom is -0.312 e. The van der Waals surface area contributed by atoms with Crippen molar-refractivity contribution in [2.45, 2.75) is 57.5 Å². The molecule has 1 aromatic heterocycles. The van der Waals surface area contributed by atoms with Crippen LogP contribution in [0.1, 0.15) is 47.1 Å². The molecule has 9 heteroatoms. The van der Waals surface area contributed by atoms with E-state index in [-0.39, 0.29) is 18.3 Å². The van der Waals surface area contributed by atoms with Gasteiger partial charge in [-0.1, -0.05) is 17.7 Å². The molecule has 0 amide bonds. The van der Waals surface area contributed by atoms with Crippen molar-refractivity contribution in [3.8, 4) is 0 Å². The fourth-order valence-corrected chi connectivity index (χ4v) is 6.36. The Labute approximate surface area is 173 Å².